The van der Waals surface area contributed by atoms with Crippen molar-refractivity contribution >= 4 is 15.9 Å². The van der Waals surface area contributed by atoms with Crippen molar-refractivity contribution in [2.75, 3.05) is 21.3 Å². The Morgan fingerprint density at radius 1 is 0.880 bits per heavy atom. The molecule has 2 aromatic carbocycles. The van der Waals surface area contributed by atoms with Gasteiger partial charge in [0.05, 0.1) is 39.0 Å². The number of benzene rings is 2. The number of imidazole rings is 1. The summed E-state index contributed by atoms with van der Waals surface area (Å²) in [6.45, 7) is 0. The third kappa shape index (κ3) is 3.22. The Hall–Kier alpha value is -2.47. The molecule has 0 bridgehead atoms. The molecule has 25 heavy (non-hydrogen) atoms. The second-order valence-corrected chi connectivity index (χ2v) is 6.27. The van der Waals surface area contributed by atoms with Gasteiger partial charge in [-0.25, -0.2) is 4.98 Å². The number of rotatable bonds is 5. The zero-order valence-electron chi connectivity index (χ0n) is 14.5. The lowest BCUT2D eigenvalue weighted by Crippen LogP contribution is -1.94. The van der Waals surface area contributed by atoms with Gasteiger partial charge in [-0.3, -0.25) is 0 Å². The summed E-state index contributed by atoms with van der Waals surface area (Å²) in [5, 5.41) is 0. The molecule has 0 aliphatic heterocycles. The number of halogens is 1. The fraction of sp³-hybridized carbons (Fsp3) is 0.211. The molecule has 0 amide bonds. The largest absolute Gasteiger partial charge is 0.497 e. The molecule has 0 spiro atoms. The normalized spacial score (nSPS) is 10.6. The van der Waals surface area contributed by atoms with E-state index in [1.54, 1.807) is 27.7 Å². The minimum Gasteiger partial charge on any atom is -0.497 e. The van der Waals surface area contributed by atoms with Crippen molar-refractivity contribution in [1.82, 2.24) is 9.55 Å². The smallest absolute Gasteiger partial charge is 0.137 e. The maximum absolute atomic E-state index is 5.45. The minimum absolute atomic E-state index is 0.695. The average molecular weight is 403 g/mol. The maximum Gasteiger partial charge on any atom is 0.137 e. The molecule has 0 aliphatic rings. The first-order valence-electron chi connectivity index (χ1n) is 7.66. The highest BCUT2D eigenvalue weighted by atomic mass is 79.9. The van der Waals surface area contributed by atoms with Crippen LogP contribution < -0.4 is 14.2 Å². The lowest BCUT2D eigenvalue weighted by atomic mass is 10.0. The first kappa shape index (κ1) is 17.4. The monoisotopic (exact) mass is 402 g/mol. The van der Waals surface area contributed by atoms with Crippen LogP contribution in [0.25, 0.3) is 22.5 Å². The van der Waals surface area contributed by atoms with E-state index in [1.165, 1.54) is 0 Å². The van der Waals surface area contributed by atoms with E-state index < -0.39 is 0 Å². The van der Waals surface area contributed by atoms with Crippen molar-refractivity contribution in [1.29, 1.82) is 0 Å². The van der Waals surface area contributed by atoms with Gasteiger partial charge in [0.15, 0.2) is 0 Å². The van der Waals surface area contributed by atoms with Gasteiger partial charge in [0.1, 0.15) is 21.7 Å². The van der Waals surface area contributed by atoms with Crippen LogP contribution in [0.4, 0.5) is 0 Å². The molecule has 0 radical (unpaired) electrons. The summed E-state index contributed by atoms with van der Waals surface area (Å²) in [5.41, 5.74) is 3.84. The highest BCUT2D eigenvalue weighted by Crippen LogP contribution is 2.41. The third-order valence-corrected chi connectivity index (χ3v) is 4.80. The Balaban J connectivity index is 2.16. The van der Waals surface area contributed by atoms with Crippen molar-refractivity contribution in [2.45, 2.75) is 0 Å². The lowest BCUT2D eigenvalue weighted by Gasteiger charge is -2.12. The number of ether oxygens (including phenoxy) is 3. The highest BCUT2D eigenvalue weighted by Gasteiger charge is 2.17. The Labute approximate surface area is 155 Å². The van der Waals surface area contributed by atoms with Gasteiger partial charge < -0.3 is 18.8 Å². The molecule has 3 aromatic rings. The maximum atomic E-state index is 5.45. The van der Waals surface area contributed by atoms with Crippen molar-refractivity contribution in [3.63, 3.8) is 0 Å². The molecule has 0 N–H and O–H groups in total. The highest BCUT2D eigenvalue weighted by molar-refractivity contribution is 9.10. The molecule has 0 unspecified atom stereocenters. The van der Waals surface area contributed by atoms with Crippen LogP contribution in [0.5, 0.6) is 17.2 Å². The van der Waals surface area contributed by atoms with Crippen LogP contribution in [0.3, 0.4) is 0 Å². The molecular formula is C19H19BrN2O3. The number of methoxy groups -OCH3 is 3. The first-order valence-corrected chi connectivity index (χ1v) is 8.46. The van der Waals surface area contributed by atoms with Gasteiger partial charge >= 0.3 is 0 Å². The van der Waals surface area contributed by atoms with E-state index in [0.717, 1.165) is 32.7 Å². The topological polar surface area (TPSA) is 45.5 Å². The second-order valence-electron chi connectivity index (χ2n) is 5.48. The van der Waals surface area contributed by atoms with E-state index in [2.05, 4.69) is 20.9 Å². The van der Waals surface area contributed by atoms with Crippen LogP contribution in [-0.4, -0.2) is 30.9 Å². The Morgan fingerprint density at radius 2 is 1.48 bits per heavy atom. The second kappa shape index (κ2) is 7.19. The fourth-order valence-corrected chi connectivity index (χ4v) is 3.29. The zero-order valence-corrected chi connectivity index (χ0v) is 16.1. The van der Waals surface area contributed by atoms with Crippen LogP contribution in [0.2, 0.25) is 0 Å². The van der Waals surface area contributed by atoms with Crippen LogP contribution >= 0.6 is 15.9 Å². The van der Waals surface area contributed by atoms with E-state index in [9.17, 15) is 0 Å². The molecular weight excluding hydrogens is 384 g/mol. The zero-order chi connectivity index (χ0) is 18.0. The fourth-order valence-electron chi connectivity index (χ4n) is 2.74. The lowest BCUT2D eigenvalue weighted by molar-refractivity contribution is 0.390. The van der Waals surface area contributed by atoms with Gasteiger partial charge in [-0.15, -0.1) is 0 Å². The standard InChI is InChI=1S/C19H19BrN2O3/c1-22-11-21-18(19(22)12-5-7-14(23-2)8-6-12)13-9-15(24-3)17(20)16(10-13)25-4/h5-11H,1-4H3. The molecule has 6 heteroatoms. The van der Waals surface area contributed by atoms with E-state index in [-0.39, 0.29) is 0 Å². The van der Waals surface area contributed by atoms with Crippen molar-refractivity contribution < 1.29 is 14.2 Å². The summed E-state index contributed by atoms with van der Waals surface area (Å²) in [7, 11) is 6.90. The number of aromatic nitrogens is 2. The van der Waals surface area contributed by atoms with Crippen LogP contribution in [0.15, 0.2) is 47.2 Å². The summed E-state index contributed by atoms with van der Waals surface area (Å²) in [5.74, 6) is 2.21. The first-order chi connectivity index (χ1) is 12.1. The van der Waals surface area contributed by atoms with Gasteiger partial charge in [-0.05, 0) is 52.3 Å². The molecule has 0 saturated carbocycles. The molecule has 5 nitrogen and oxygen atoms in total. The van der Waals surface area contributed by atoms with Crippen LogP contribution in [0, 0.1) is 0 Å². The SMILES string of the molecule is COc1ccc(-c2c(-c3cc(OC)c(Br)c(OC)c3)ncn2C)cc1. The van der Waals surface area contributed by atoms with E-state index in [1.807, 2.05) is 48.0 Å². The van der Waals surface area contributed by atoms with Gasteiger partial charge in [0.2, 0.25) is 0 Å². The molecule has 0 atom stereocenters. The number of hydrogen-bond donors (Lipinski definition) is 0. The number of aryl methyl sites for hydroxylation is 1. The summed E-state index contributed by atoms with van der Waals surface area (Å²) in [4.78, 5) is 4.59. The van der Waals surface area contributed by atoms with Gasteiger partial charge in [0, 0.05) is 18.2 Å². The molecule has 0 saturated heterocycles. The minimum atomic E-state index is 0.695. The Kier molecular flexibility index (Phi) is 4.99. The predicted octanol–water partition coefficient (Wildman–Crippen LogP) is 4.54. The molecule has 1 heterocycles. The Bertz CT molecular complexity index is 863. The summed E-state index contributed by atoms with van der Waals surface area (Å²) >= 11 is 3.50. The summed E-state index contributed by atoms with van der Waals surface area (Å²) < 4.78 is 18.9. The molecule has 130 valence electrons. The summed E-state index contributed by atoms with van der Waals surface area (Å²) in [6, 6.07) is 11.8. The van der Waals surface area contributed by atoms with Gasteiger partial charge in [-0.2, -0.15) is 0 Å². The van der Waals surface area contributed by atoms with E-state index in [0.29, 0.717) is 11.5 Å². The van der Waals surface area contributed by atoms with E-state index in [4.69, 9.17) is 14.2 Å². The van der Waals surface area contributed by atoms with Crippen molar-refractivity contribution in [2.24, 2.45) is 7.05 Å². The third-order valence-electron chi connectivity index (χ3n) is 4.02. The number of nitrogens with zero attached hydrogens (tertiary/aromatic N) is 2. The predicted molar refractivity (Wildman–Crippen MR) is 101 cm³/mol. The van der Waals surface area contributed by atoms with Gasteiger partial charge in [0.25, 0.3) is 0 Å². The molecule has 0 aliphatic carbocycles. The molecule has 0 fully saturated rings. The molecule has 1 aromatic heterocycles. The van der Waals surface area contributed by atoms with Gasteiger partial charge in [-0.1, -0.05) is 0 Å². The van der Waals surface area contributed by atoms with E-state index >= 15 is 0 Å². The summed E-state index contributed by atoms with van der Waals surface area (Å²) in [6.07, 6.45) is 1.80. The number of hydrogen-bond acceptors (Lipinski definition) is 4. The van der Waals surface area contributed by atoms with Crippen molar-refractivity contribution in [3.8, 4) is 39.8 Å². The van der Waals surface area contributed by atoms with Crippen LogP contribution in [0.1, 0.15) is 0 Å². The van der Waals surface area contributed by atoms with Crippen LogP contribution in [-0.2, 0) is 7.05 Å². The Morgan fingerprint density at radius 3 is 2.00 bits per heavy atom. The quantitative estimate of drug-likeness (QED) is 0.628. The molecule has 3 rings (SSSR count). The van der Waals surface area contributed by atoms with Crippen molar-refractivity contribution in [3.05, 3.63) is 47.2 Å². The average Bonchev–Trinajstić information content (AvgIpc) is 3.03.